The van der Waals surface area contributed by atoms with Gasteiger partial charge in [0.2, 0.25) is 0 Å². The van der Waals surface area contributed by atoms with E-state index in [1.165, 1.54) is 32.1 Å². The third-order valence-corrected chi connectivity index (χ3v) is 5.81. The molecule has 0 saturated heterocycles. The van der Waals surface area contributed by atoms with Gasteiger partial charge in [-0.25, -0.2) is 0 Å². The highest BCUT2D eigenvalue weighted by Gasteiger charge is 2.27. The van der Waals surface area contributed by atoms with Gasteiger partial charge in [0, 0.05) is 32.1 Å². The molecule has 1 saturated carbocycles. The van der Waals surface area contributed by atoms with Gasteiger partial charge < -0.3 is 0 Å². The molecule has 0 aromatic carbocycles. The third-order valence-electron chi connectivity index (χ3n) is 3.72. The minimum Gasteiger partial charge on any atom is -0.112 e. The molecule has 1 aliphatic carbocycles. The lowest BCUT2D eigenvalue weighted by Gasteiger charge is -2.20. The Morgan fingerprint density at radius 3 is 2.65 bits per heavy atom. The summed E-state index contributed by atoms with van der Waals surface area (Å²) in [7, 11) is 4.57. The molecule has 1 heterocycles. The topological polar surface area (TPSA) is 3.24 Å². The van der Waals surface area contributed by atoms with Crippen LogP contribution >= 0.6 is 10.7 Å². The Labute approximate surface area is 108 Å². The molecule has 0 aliphatic heterocycles. The maximum Gasteiger partial charge on any atom is 0.179 e. The Morgan fingerprint density at radius 2 is 2.06 bits per heavy atom. The Hall–Kier alpha value is -0.600. The van der Waals surface area contributed by atoms with Crippen molar-refractivity contribution in [2.24, 2.45) is 0 Å². The number of rotatable bonds is 4. The van der Waals surface area contributed by atoms with E-state index in [-0.39, 0.29) is 10.7 Å². The van der Waals surface area contributed by atoms with Crippen molar-refractivity contribution in [3.63, 3.8) is 0 Å². The largest absolute Gasteiger partial charge is 0.179 e. The molecule has 1 aliphatic rings. The highest BCUT2D eigenvalue weighted by Crippen LogP contribution is 2.40. The summed E-state index contributed by atoms with van der Waals surface area (Å²) >= 11 is 0. The van der Waals surface area contributed by atoms with E-state index in [4.69, 9.17) is 0 Å². The van der Waals surface area contributed by atoms with Crippen molar-refractivity contribution in [3.8, 4) is 0 Å². The van der Waals surface area contributed by atoms with Crippen molar-refractivity contribution < 1.29 is 0 Å². The van der Waals surface area contributed by atoms with Gasteiger partial charge in [-0.05, 0) is 18.8 Å². The van der Waals surface area contributed by atoms with Gasteiger partial charge in [-0.3, -0.25) is 0 Å². The van der Waals surface area contributed by atoms with Crippen molar-refractivity contribution in [1.29, 1.82) is 0 Å². The smallest absolute Gasteiger partial charge is 0.112 e. The minimum absolute atomic E-state index is 0.213. The van der Waals surface area contributed by atoms with Crippen molar-refractivity contribution >= 4 is 10.7 Å². The van der Waals surface area contributed by atoms with Crippen LogP contribution in [-0.4, -0.2) is 14.1 Å². The van der Waals surface area contributed by atoms with E-state index in [9.17, 15) is 0 Å². The van der Waals surface area contributed by atoms with Gasteiger partial charge in [-0.1, -0.05) is 25.3 Å². The van der Waals surface area contributed by atoms with Gasteiger partial charge in [-0.15, -0.1) is 10.9 Å². The lowest BCUT2D eigenvalue weighted by molar-refractivity contribution is 0.443. The molecule has 1 atom stereocenters. The number of thiophene rings is 1. The van der Waals surface area contributed by atoms with Crippen molar-refractivity contribution in [2.75, 3.05) is 18.4 Å². The summed E-state index contributed by atoms with van der Waals surface area (Å²) in [6.07, 6.45) is 10.2. The van der Waals surface area contributed by atoms with Crippen molar-refractivity contribution in [1.82, 2.24) is 0 Å². The number of hydrogen-bond acceptors (Lipinski definition) is 1. The molecule has 1 unspecified atom stereocenters. The van der Waals surface area contributed by atoms with Gasteiger partial charge in [0.15, 0.2) is 10.3 Å². The van der Waals surface area contributed by atoms with Crippen molar-refractivity contribution in [2.45, 2.75) is 44.4 Å². The average Bonchev–Trinajstić information content (AvgIpc) is 2.75. The molecule has 0 N–H and O–H groups in total. The first-order valence-corrected chi connectivity index (χ1v) is 7.91. The lowest BCUT2D eigenvalue weighted by atomic mass is 9.84. The zero-order chi connectivity index (χ0) is 12.3. The van der Waals surface area contributed by atoms with Gasteiger partial charge in [-0.2, -0.15) is 0 Å². The van der Waals surface area contributed by atoms with Crippen LogP contribution in [-0.2, 0) is 6.42 Å². The predicted molar refractivity (Wildman–Crippen MR) is 78.7 cm³/mol. The lowest BCUT2D eigenvalue weighted by Crippen LogP contribution is -2.09. The molecule has 94 valence electrons. The second-order valence-corrected chi connectivity index (χ2v) is 7.26. The quantitative estimate of drug-likeness (QED) is 0.565. The number of allylic oxidation sites excluding steroid dienone is 1. The molecule has 17 heavy (non-hydrogen) atoms. The van der Waals surface area contributed by atoms with Crippen molar-refractivity contribution in [3.05, 3.63) is 34.5 Å². The molecule has 2 rings (SSSR count). The summed E-state index contributed by atoms with van der Waals surface area (Å²) in [5, 5.41) is 2.39. The molecule has 0 spiro atoms. The van der Waals surface area contributed by atoms with Crippen LogP contribution in [0.2, 0.25) is 0 Å². The maximum atomic E-state index is 3.92. The molecule has 0 radical (unpaired) electrons. The summed E-state index contributed by atoms with van der Waals surface area (Å²) in [4.78, 5) is 1.62. The fourth-order valence-corrected chi connectivity index (χ4v) is 4.78. The van der Waals surface area contributed by atoms with Gasteiger partial charge in [0.05, 0.1) is 10.7 Å². The second-order valence-electron chi connectivity index (χ2n) is 5.14. The van der Waals surface area contributed by atoms with E-state index in [0.717, 1.165) is 12.3 Å². The number of hydrogen-bond donors (Lipinski definition) is 0. The van der Waals surface area contributed by atoms with Crippen LogP contribution in [0.4, 0.5) is 0 Å². The van der Waals surface area contributed by atoms with Crippen LogP contribution < -0.4 is 4.31 Å². The first-order chi connectivity index (χ1) is 8.24. The Kier molecular flexibility index (Phi) is 4.41. The molecule has 2 heteroatoms. The highest BCUT2D eigenvalue weighted by molar-refractivity contribution is 7.32. The summed E-state index contributed by atoms with van der Waals surface area (Å²) in [6.45, 7) is 3.92. The molecular weight excluding hydrogens is 226 g/mol. The molecular formula is C15H24NS+. The molecule has 1 aromatic rings. The van der Waals surface area contributed by atoms with Crippen LogP contribution in [0.5, 0.6) is 0 Å². The van der Waals surface area contributed by atoms with Crippen LogP contribution in [0, 0.1) is 0 Å². The zero-order valence-corrected chi connectivity index (χ0v) is 11.9. The van der Waals surface area contributed by atoms with Gasteiger partial charge in [0.25, 0.3) is 0 Å². The predicted octanol–water partition coefficient (Wildman–Crippen LogP) is 4.41. The molecule has 1 fully saturated rings. The average molecular weight is 250 g/mol. The fourth-order valence-electron chi connectivity index (χ4n) is 2.89. The fraction of sp³-hybridized carbons (Fsp3) is 0.600. The van der Waals surface area contributed by atoms with E-state index in [1.807, 2.05) is 0 Å². The van der Waals surface area contributed by atoms with E-state index < -0.39 is 0 Å². The first-order valence-electron chi connectivity index (χ1n) is 6.66. The van der Waals surface area contributed by atoms with Crippen LogP contribution in [0.15, 0.2) is 24.1 Å². The third kappa shape index (κ3) is 2.80. The molecule has 1 aromatic heterocycles. The standard InChI is InChI=1S/C15H24NS/c1-4-8-15-14(11-12-17(15)16(2)3)13-9-6-5-7-10-13/h4,11-13H,1,5-10H2,2-3H3/q+1. The van der Waals surface area contributed by atoms with Crippen LogP contribution in [0.25, 0.3) is 0 Å². The van der Waals surface area contributed by atoms with E-state index >= 15 is 0 Å². The highest BCUT2D eigenvalue weighted by atomic mass is 32.2. The maximum absolute atomic E-state index is 3.92. The molecule has 0 bridgehead atoms. The van der Waals surface area contributed by atoms with E-state index in [2.05, 4.69) is 42.5 Å². The summed E-state index contributed by atoms with van der Waals surface area (Å²) < 4.78 is 2.34. The van der Waals surface area contributed by atoms with Crippen LogP contribution in [0.1, 0.15) is 48.5 Å². The SMILES string of the molecule is C=CCc1c(C2CCCCC2)cc[s+]1N(C)C. The second kappa shape index (κ2) is 5.83. The van der Waals surface area contributed by atoms with E-state index in [1.54, 1.807) is 10.4 Å². The van der Waals surface area contributed by atoms with Crippen LogP contribution in [0.3, 0.4) is 0 Å². The van der Waals surface area contributed by atoms with Gasteiger partial charge in [0.1, 0.15) is 0 Å². The Bertz CT molecular complexity index is 372. The van der Waals surface area contributed by atoms with Gasteiger partial charge >= 0.3 is 0 Å². The summed E-state index contributed by atoms with van der Waals surface area (Å²) in [6, 6.07) is 2.40. The molecule has 1 nitrogen and oxygen atoms in total. The minimum atomic E-state index is 0.213. The molecule has 0 amide bonds. The Balaban J connectivity index is 2.28. The zero-order valence-electron chi connectivity index (χ0n) is 11.1. The Morgan fingerprint density at radius 1 is 1.35 bits per heavy atom. The number of nitrogens with zero attached hydrogens (tertiary/aromatic N) is 1. The first kappa shape index (κ1) is 12.8. The summed E-state index contributed by atoms with van der Waals surface area (Å²) in [5.74, 6) is 0.826. The monoisotopic (exact) mass is 250 g/mol. The summed E-state index contributed by atoms with van der Waals surface area (Å²) in [5.41, 5.74) is 1.64. The normalized spacial score (nSPS) is 18.6. The van der Waals surface area contributed by atoms with E-state index in [0.29, 0.717) is 0 Å².